The van der Waals surface area contributed by atoms with Crippen molar-refractivity contribution in [3.05, 3.63) is 66.2 Å². The van der Waals surface area contributed by atoms with Gasteiger partial charge in [0, 0.05) is 18.7 Å². The van der Waals surface area contributed by atoms with Crippen LogP contribution in [0.25, 0.3) is 10.8 Å². The highest BCUT2D eigenvalue weighted by atomic mass is 32.2. The van der Waals surface area contributed by atoms with Crippen molar-refractivity contribution >= 4 is 38.1 Å². The summed E-state index contributed by atoms with van der Waals surface area (Å²) in [6, 6.07) is 18.0. The second kappa shape index (κ2) is 7.28. The fraction of sp³-hybridized carbons (Fsp3) is 0.227. The fourth-order valence-corrected chi connectivity index (χ4v) is 4.66. The standard InChI is InChI=1S/C22H22N2O3S/c1-16-9-11-19(15-21(16)24-13-5-4-8-22(24)25)23-28(26,27)20-12-10-17-6-2-3-7-18(17)14-20/h2-3,6-7,9-12,14-15,23H,4-5,8,13H2,1H3. The summed E-state index contributed by atoms with van der Waals surface area (Å²) >= 11 is 0. The highest BCUT2D eigenvalue weighted by Crippen LogP contribution is 2.29. The van der Waals surface area contributed by atoms with Crippen molar-refractivity contribution in [3.63, 3.8) is 0 Å². The molecule has 28 heavy (non-hydrogen) atoms. The molecule has 0 spiro atoms. The van der Waals surface area contributed by atoms with Crippen molar-refractivity contribution in [1.29, 1.82) is 0 Å². The van der Waals surface area contributed by atoms with Gasteiger partial charge in [-0.15, -0.1) is 0 Å². The van der Waals surface area contributed by atoms with Gasteiger partial charge >= 0.3 is 0 Å². The average molecular weight is 394 g/mol. The molecule has 1 heterocycles. The number of nitrogens with one attached hydrogen (secondary N) is 1. The van der Waals surface area contributed by atoms with Crippen LogP contribution in [0.3, 0.4) is 0 Å². The Morgan fingerprint density at radius 3 is 2.50 bits per heavy atom. The van der Waals surface area contributed by atoms with Crippen LogP contribution in [0, 0.1) is 6.92 Å². The molecule has 0 unspecified atom stereocenters. The summed E-state index contributed by atoms with van der Waals surface area (Å²) in [6.45, 7) is 2.60. The molecule has 3 aromatic rings. The first-order valence-electron chi connectivity index (χ1n) is 9.37. The first-order valence-corrected chi connectivity index (χ1v) is 10.8. The second-order valence-electron chi connectivity index (χ2n) is 7.12. The molecule has 1 fully saturated rings. The predicted octanol–water partition coefficient (Wildman–Crippen LogP) is 4.47. The molecular formula is C22H22N2O3S. The van der Waals surface area contributed by atoms with Crippen LogP contribution in [0.1, 0.15) is 24.8 Å². The lowest BCUT2D eigenvalue weighted by atomic mass is 10.1. The summed E-state index contributed by atoms with van der Waals surface area (Å²) in [4.78, 5) is 14.2. The monoisotopic (exact) mass is 394 g/mol. The largest absolute Gasteiger partial charge is 0.312 e. The first kappa shape index (κ1) is 18.5. The van der Waals surface area contributed by atoms with Crippen LogP contribution in [0.2, 0.25) is 0 Å². The molecule has 6 heteroatoms. The number of hydrogen-bond donors (Lipinski definition) is 1. The maximum atomic E-state index is 12.9. The van der Waals surface area contributed by atoms with Crippen LogP contribution in [0.4, 0.5) is 11.4 Å². The smallest absolute Gasteiger partial charge is 0.261 e. The highest BCUT2D eigenvalue weighted by Gasteiger charge is 2.22. The Hall–Kier alpha value is -2.86. The van der Waals surface area contributed by atoms with E-state index in [2.05, 4.69) is 4.72 Å². The molecule has 0 bridgehead atoms. The molecule has 144 valence electrons. The Morgan fingerprint density at radius 1 is 0.929 bits per heavy atom. The number of rotatable bonds is 4. The maximum Gasteiger partial charge on any atom is 0.261 e. The number of sulfonamides is 1. The Bertz CT molecular complexity index is 1160. The van der Waals surface area contributed by atoms with Crippen LogP contribution in [-0.4, -0.2) is 20.9 Å². The number of benzene rings is 3. The molecular weight excluding hydrogens is 372 g/mol. The van der Waals surface area contributed by atoms with Crippen molar-refractivity contribution in [3.8, 4) is 0 Å². The SMILES string of the molecule is Cc1ccc(NS(=O)(=O)c2ccc3ccccc3c2)cc1N1CCCCC1=O. The Labute approximate surface area is 165 Å². The van der Waals surface area contributed by atoms with Gasteiger partial charge in [-0.1, -0.05) is 36.4 Å². The van der Waals surface area contributed by atoms with Crippen molar-refractivity contribution in [2.75, 3.05) is 16.2 Å². The van der Waals surface area contributed by atoms with Gasteiger partial charge < -0.3 is 4.90 Å². The van der Waals surface area contributed by atoms with Gasteiger partial charge in [0.15, 0.2) is 0 Å². The molecule has 0 saturated carbocycles. The molecule has 5 nitrogen and oxygen atoms in total. The number of nitrogens with zero attached hydrogens (tertiary/aromatic N) is 1. The molecule has 0 aromatic heterocycles. The van der Waals surface area contributed by atoms with Crippen LogP contribution in [0.15, 0.2) is 65.6 Å². The number of carbonyl (C=O) groups excluding carboxylic acids is 1. The third kappa shape index (κ3) is 3.60. The molecule has 4 rings (SSSR count). The van der Waals surface area contributed by atoms with E-state index >= 15 is 0 Å². The van der Waals surface area contributed by atoms with Gasteiger partial charge in [0.1, 0.15) is 0 Å². The molecule has 1 aliphatic heterocycles. The second-order valence-corrected chi connectivity index (χ2v) is 8.80. The predicted molar refractivity (Wildman–Crippen MR) is 112 cm³/mol. The molecule has 1 saturated heterocycles. The number of piperidine rings is 1. The van der Waals surface area contributed by atoms with E-state index in [1.54, 1.807) is 35.2 Å². The van der Waals surface area contributed by atoms with Gasteiger partial charge in [0.25, 0.3) is 10.0 Å². The zero-order valence-corrected chi connectivity index (χ0v) is 16.5. The van der Waals surface area contributed by atoms with Crippen molar-refractivity contribution < 1.29 is 13.2 Å². The van der Waals surface area contributed by atoms with E-state index in [4.69, 9.17) is 0 Å². The number of fused-ring (bicyclic) bond motifs is 1. The zero-order chi connectivity index (χ0) is 19.7. The summed E-state index contributed by atoms with van der Waals surface area (Å²) in [5.74, 6) is 0.0869. The Morgan fingerprint density at radius 2 is 1.71 bits per heavy atom. The van der Waals surface area contributed by atoms with E-state index in [9.17, 15) is 13.2 Å². The van der Waals surface area contributed by atoms with E-state index in [1.165, 1.54) is 0 Å². The van der Waals surface area contributed by atoms with Crippen LogP contribution in [0.5, 0.6) is 0 Å². The van der Waals surface area contributed by atoms with Crippen molar-refractivity contribution in [1.82, 2.24) is 0 Å². The van der Waals surface area contributed by atoms with Gasteiger partial charge in [-0.2, -0.15) is 0 Å². The summed E-state index contributed by atoms with van der Waals surface area (Å²) in [6.07, 6.45) is 2.40. The minimum atomic E-state index is -3.73. The van der Waals surface area contributed by atoms with Gasteiger partial charge in [-0.25, -0.2) is 8.42 Å². The summed E-state index contributed by atoms with van der Waals surface area (Å²) in [5.41, 5.74) is 2.17. The minimum absolute atomic E-state index is 0.0869. The average Bonchev–Trinajstić information content (AvgIpc) is 2.69. The van der Waals surface area contributed by atoms with Gasteiger partial charge in [-0.05, 0) is 60.4 Å². The van der Waals surface area contributed by atoms with Crippen molar-refractivity contribution in [2.24, 2.45) is 0 Å². The zero-order valence-electron chi connectivity index (χ0n) is 15.7. The fourth-order valence-electron chi connectivity index (χ4n) is 3.57. The van der Waals surface area contributed by atoms with Crippen LogP contribution in [-0.2, 0) is 14.8 Å². The van der Waals surface area contributed by atoms with Gasteiger partial charge in [0.2, 0.25) is 5.91 Å². The topological polar surface area (TPSA) is 66.5 Å². The van der Waals surface area contributed by atoms with Gasteiger partial charge in [0.05, 0.1) is 10.6 Å². The third-order valence-corrected chi connectivity index (χ3v) is 6.49. The Kier molecular flexibility index (Phi) is 4.81. The van der Waals surface area contributed by atoms with E-state index in [0.29, 0.717) is 18.7 Å². The lowest BCUT2D eigenvalue weighted by Crippen LogP contribution is -2.35. The molecule has 3 aromatic carbocycles. The highest BCUT2D eigenvalue weighted by molar-refractivity contribution is 7.92. The lowest BCUT2D eigenvalue weighted by molar-refractivity contribution is -0.119. The molecule has 0 aliphatic carbocycles. The normalized spacial score (nSPS) is 15.0. The Balaban J connectivity index is 1.65. The molecule has 1 aliphatic rings. The van der Waals surface area contributed by atoms with Crippen LogP contribution < -0.4 is 9.62 Å². The van der Waals surface area contributed by atoms with E-state index in [0.717, 1.165) is 34.9 Å². The minimum Gasteiger partial charge on any atom is -0.312 e. The van der Waals surface area contributed by atoms with Crippen molar-refractivity contribution in [2.45, 2.75) is 31.1 Å². The number of carbonyl (C=O) groups is 1. The molecule has 0 atom stereocenters. The van der Waals surface area contributed by atoms with E-state index < -0.39 is 10.0 Å². The number of amides is 1. The third-order valence-electron chi connectivity index (χ3n) is 5.11. The van der Waals surface area contributed by atoms with Crippen LogP contribution >= 0.6 is 0 Å². The van der Waals surface area contributed by atoms with E-state index in [-0.39, 0.29) is 10.8 Å². The van der Waals surface area contributed by atoms with E-state index in [1.807, 2.05) is 37.3 Å². The number of aryl methyl sites for hydroxylation is 1. The van der Waals surface area contributed by atoms with Gasteiger partial charge in [-0.3, -0.25) is 9.52 Å². The summed E-state index contributed by atoms with van der Waals surface area (Å²) in [7, 11) is -3.73. The summed E-state index contributed by atoms with van der Waals surface area (Å²) in [5, 5.41) is 1.86. The number of anilines is 2. The maximum absolute atomic E-state index is 12.9. The molecule has 1 N–H and O–H groups in total. The lowest BCUT2D eigenvalue weighted by Gasteiger charge is -2.28. The number of hydrogen-bond acceptors (Lipinski definition) is 3. The quantitative estimate of drug-likeness (QED) is 0.710. The first-order chi connectivity index (χ1) is 13.4. The summed E-state index contributed by atoms with van der Waals surface area (Å²) < 4.78 is 28.4. The molecule has 0 radical (unpaired) electrons. The molecule has 1 amide bonds.